The summed E-state index contributed by atoms with van der Waals surface area (Å²) in [5.41, 5.74) is 1.14. The molecule has 1 N–H and O–H groups in total. The molecule has 0 saturated heterocycles. The van der Waals surface area contributed by atoms with Gasteiger partial charge in [-0.25, -0.2) is 0 Å². The molecule has 1 heterocycles. The van der Waals surface area contributed by atoms with Crippen LogP contribution < -0.4 is 10.1 Å². The lowest BCUT2D eigenvalue weighted by molar-refractivity contribution is 0.136. The van der Waals surface area contributed by atoms with E-state index >= 15 is 0 Å². The van der Waals surface area contributed by atoms with Crippen molar-refractivity contribution in [2.24, 2.45) is 0 Å². The Labute approximate surface area is 103 Å². The van der Waals surface area contributed by atoms with Gasteiger partial charge in [-0.05, 0) is 31.5 Å². The molecule has 0 spiro atoms. The summed E-state index contributed by atoms with van der Waals surface area (Å²) in [7, 11) is 1.66. The average molecular weight is 238 g/mol. The molecular formula is C13H22N2O2. The van der Waals surface area contributed by atoms with Crippen LogP contribution in [0, 0.1) is 0 Å². The van der Waals surface area contributed by atoms with Crippen molar-refractivity contribution in [3.8, 4) is 5.75 Å². The predicted octanol–water partition coefficient (Wildman–Crippen LogP) is 2.17. The quantitative estimate of drug-likeness (QED) is 0.705. The van der Waals surface area contributed by atoms with Gasteiger partial charge in [0.25, 0.3) is 0 Å². The third kappa shape index (κ3) is 4.71. The fourth-order valence-corrected chi connectivity index (χ4v) is 1.72. The van der Waals surface area contributed by atoms with Crippen LogP contribution in [0.15, 0.2) is 18.5 Å². The average Bonchev–Trinajstić information content (AvgIpc) is 2.38. The first-order valence-corrected chi connectivity index (χ1v) is 6.11. The van der Waals surface area contributed by atoms with Gasteiger partial charge >= 0.3 is 0 Å². The number of rotatable bonds is 8. The number of pyridine rings is 1. The van der Waals surface area contributed by atoms with Crippen LogP contribution in [0.1, 0.15) is 31.9 Å². The van der Waals surface area contributed by atoms with Crippen LogP contribution >= 0.6 is 0 Å². The molecular weight excluding hydrogens is 216 g/mol. The number of nitrogens with one attached hydrogen (secondary N) is 1. The van der Waals surface area contributed by atoms with Crippen molar-refractivity contribution in [2.45, 2.75) is 26.3 Å². The van der Waals surface area contributed by atoms with E-state index in [1.165, 1.54) is 0 Å². The largest absolute Gasteiger partial charge is 0.495 e. The maximum atomic E-state index is 5.40. The number of methoxy groups -OCH3 is 1. The Kier molecular flexibility index (Phi) is 6.58. The van der Waals surface area contributed by atoms with E-state index in [4.69, 9.17) is 9.47 Å². The summed E-state index contributed by atoms with van der Waals surface area (Å²) >= 11 is 0. The van der Waals surface area contributed by atoms with E-state index in [1.807, 2.05) is 19.2 Å². The summed E-state index contributed by atoms with van der Waals surface area (Å²) in [6.45, 7) is 6.55. The third-order valence-electron chi connectivity index (χ3n) is 2.58. The Morgan fingerprint density at radius 2 is 2.18 bits per heavy atom. The summed E-state index contributed by atoms with van der Waals surface area (Å²) in [6, 6.07) is 2.29. The standard InChI is InChI=1S/C13H22N2O2/c1-4-15-13(6-7-17-5-2)11-8-12(16-3)10-14-9-11/h8-10,13,15H,4-7H2,1-3H3. The number of nitrogens with zero attached hydrogens (tertiary/aromatic N) is 1. The van der Waals surface area contributed by atoms with E-state index in [9.17, 15) is 0 Å². The van der Waals surface area contributed by atoms with Crippen molar-refractivity contribution in [3.63, 3.8) is 0 Å². The van der Waals surface area contributed by atoms with Crippen LogP contribution in [0.25, 0.3) is 0 Å². The van der Waals surface area contributed by atoms with Gasteiger partial charge in [0.2, 0.25) is 0 Å². The molecule has 4 heteroatoms. The summed E-state index contributed by atoms with van der Waals surface area (Å²) < 4.78 is 10.6. The first kappa shape index (κ1) is 13.9. The molecule has 4 nitrogen and oxygen atoms in total. The summed E-state index contributed by atoms with van der Waals surface area (Å²) in [5.74, 6) is 0.793. The van der Waals surface area contributed by atoms with Crippen molar-refractivity contribution < 1.29 is 9.47 Å². The third-order valence-corrected chi connectivity index (χ3v) is 2.58. The van der Waals surface area contributed by atoms with Gasteiger partial charge in [-0.15, -0.1) is 0 Å². The van der Waals surface area contributed by atoms with E-state index in [-0.39, 0.29) is 6.04 Å². The first-order chi connectivity index (χ1) is 8.31. The molecule has 0 saturated carbocycles. The lowest BCUT2D eigenvalue weighted by Crippen LogP contribution is -2.22. The number of hydrogen-bond acceptors (Lipinski definition) is 4. The van der Waals surface area contributed by atoms with E-state index in [1.54, 1.807) is 13.3 Å². The molecule has 96 valence electrons. The minimum Gasteiger partial charge on any atom is -0.495 e. The Bertz CT molecular complexity index is 318. The molecule has 1 rings (SSSR count). The smallest absolute Gasteiger partial charge is 0.137 e. The molecule has 0 fully saturated rings. The Morgan fingerprint density at radius 3 is 2.82 bits per heavy atom. The molecule has 0 aliphatic carbocycles. The summed E-state index contributed by atoms with van der Waals surface area (Å²) in [5, 5.41) is 3.43. The minimum atomic E-state index is 0.272. The zero-order valence-electron chi connectivity index (χ0n) is 10.9. The molecule has 1 aromatic rings. The van der Waals surface area contributed by atoms with Gasteiger partial charge in [-0.3, -0.25) is 4.98 Å². The predicted molar refractivity (Wildman–Crippen MR) is 68.3 cm³/mol. The monoisotopic (exact) mass is 238 g/mol. The van der Waals surface area contributed by atoms with Crippen molar-refractivity contribution in [3.05, 3.63) is 24.0 Å². The van der Waals surface area contributed by atoms with Crippen LogP contribution in [0.4, 0.5) is 0 Å². The van der Waals surface area contributed by atoms with E-state index < -0.39 is 0 Å². The SMILES string of the molecule is CCNC(CCOCC)c1cncc(OC)c1. The lowest BCUT2D eigenvalue weighted by Gasteiger charge is -2.18. The van der Waals surface area contributed by atoms with Gasteiger partial charge in [0, 0.05) is 25.5 Å². The zero-order chi connectivity index (χ0) is 12.5. The highest BCUT2D eigenvalue weighted by molar-refractivity contribution is 5.25. The van der Waals surface area contributed by atoms with Gasteiger partial charge in [0.1, 0.15) is 5.75 Å². The van der Waals surface area contributed by atoms with Gasteiger partial charge in [-0.2, -0.15) is 0 Å². The van der Waals surface area contributed by atoms with Crippen molar-refractivity contribution >= 4 is 0 Å². The molecule has 0 aliphatic heterocycles. The highest BCUT2D eigenvalue weighted by Gasteiger charge is 2.11. The first-order valence-electron chi connectivity index (χ1n) is 6.11. The minimum absolute atomic E-state index is 0.272. The molecule has 0 amide bonds. The lowest BCUT2D eigenvalue weighted by atomic mass is 10.1. The Hall–Kier alpha value is -1.13. The fraction of sp³-hybridized carbons (Fsp3) is 0.615. The highest BCUT2D eigenvalue weighted by atomic mass is 16.5. The van der Waals surface area contributed by atoms with Gasteiger partial charge in [0.15, 0.2) is 0 Å². The molecule has 0 aliphatic rings. The second kappa shape index (κ2) is 8.03. The van der Waals surface area contributed by atoms with Gasteiger partial charge < -0.3 is 14.8 Å². The second-order valence-electron chi connectivity index (χ2n) is 3.75. The van der Waals surface area contributed by atoms with E-state index in [0.29, 0.717) is 0 Å². The second-order valence-corrected chi connectivity index (χ2v) is 3.75. The maximum absolute atomic E-state index is 5.40. The van der Waals surface area contributed by atoms with Gasteiger partial charge in [-0.1, -0.05) is 6.92 Å². The molecule has 0 radical (unpaired) electrons. The molecule has 1 unspecified atom stereocenters. The summed E-state index contributed by atoms with van der Waals surface area (Å²) in [6.07, 6.45) is 4.54. The van der Waals surface area contributed by atoms with Crippen LogP contribution in [-0.4, -0.2) is 31.9 Å². The van der Waals surface area contributed by atoms with Crippen molar-refractivity contribution in [2.75, 3.05) is 26.9 Å². The number of aromatic nitrogens is 1. The Balaban J connectivity index is 2.66. The molecule has 17 heavy (non-hydrogen) atoms. The normalized spacial score (nSPS) is 12.4. The van der Waals surface area contributed by atoms with Crippen LogP contribution in [0.3, 0.4) is 0 Å². The van der Waals surface area contributed by atoms with Crippen molar-refractivity contribution in [1.29, 1.82) is 0 Å². The maximum Gasteiger partial charge on any atom is 0.137 e. The Morgan fingerprint density at radius 1 is 1.35 bits per heavy atom. The van der Waals surface area contributed by atoms with Crippen LogP contribution in [0.2, 0.25) is 0 Å². The number of ether oxygens (including phenoxy) is 2. The van der Waals surface area contributed by atoms with Crippen LogP contribution in [-0.2, 0) is 4.74 Å². The van der Waals surface area contributed by atoms with E-state index in [2.05, 4.69) is 17.2 Å². The van der Waals surface area contributed by atoms with Gasteiger partial charge in [0.05, 0.1) is 13.3 Å². The number of hydrogen-bond donors (Lipinski definition) is 1. The fourth-order valence-electron chi connectivity index (χ4n) is 1.72. The molecule has 0 bridgehead atoms. The van der Waals surface area contributed by atoms with E-state index in [0.717, 1.165) is 37.5 Å². The highest BCUT2D eigenvalue weighted by Crippen LogP contribution is 2.20. The zero-order valence-corrected chi connectivity index (χ0v) is 10.9. The topological polar surface area (TPSA) is 43.4 Å². The molecule has 1 aromatic heterocycles. The van der Waals surface area contributed by atoms with Crippen molar-refractivity contribution in [1.82, 2.24) is 10.3 Å². The molecule has 0 aromatic carbocycles. The summed E-state index contributed by atoms with van der Waals surface area (Å²) in [4.78, 5) is 4.18. The van der Waals surface area contributed by atoms with Crippen LogP contribution in [0.5, 0.6) is 5.75 Å². The molecule has 1 atom stereocenters.